The quantitative estimate of drug-likeness (QED) is 0.692. The smallest absolute Gasteiger partial charge is 0.286 e. The molecule has 0 atom stereocenters. The summed E-state index contributed by atoms with van der Waals surface area (Å²) in [6.07, 6.45) is 1.70. The van der Waals surface area contributed by atoms with Crippen molar-refractivity contribution in [2.24, 2.45) is 0 Å². The minimum Gasteiger partial charge on any atom is -0.459 e. The summed E-state index contributed by atoms with van der Waals surface area (Å²) in [6, 6.07) is 13.5. The lowest BCUT2D eigenvalue weighted by Crippen LogP contribution is -2.31. The molecule has 0 aliphatic rings. The topological polar surface area (TPSA) is 71.3 Å². The summed E-state index contributed by atoms with van der Waals surface area (Å²) in [6.45, 7) is 0.922. The van der Waals surface area contributed by atoms with E-state index in [1.807, 2.05) is 18.2 Å². The highest BCUT2D eigenvalue weighted by atomic mass is 32.2. The van der Waals surface area contributed by atoms with Gasteiger partial charge in [0.15, 0.2) is 5.76 Å². The molecule has 1 heterocycles. The highest BCUT2D eigenvalue weighted by Gasteiger charge is 2.08. The molecule has 2 rings (SSSR count). The second-order valence-electron chi connectivity index (χ2n) is 4.87. The molecule has 1 aromatic heterocycles. The van der Waals surface area contributed by atoms with Gasteiger partial charge >= 0.3 is 0 Å². The van der Waals surface area contributed by atoms with E-state index in [-0.39, 0.29) is 24.0 Å². The zero-order valence-electron chi connectivity index (χ0n) is 12.8. The second kappa shape index (κ2) is 9.74. The fourth-order valence-electron chi connectivity index (χ4n) is 1.90. The van der Waals surface area contributed by atoms with Gasteiger partial charge in [-0.25, -0.2) is 0 Å². The maximum absolute atomic E-state index is 11.6. The molecule has 0 fully saturated rings. The van der Waals surface area contributed by atoms with Crippen LogP contribution >= 0.6 is 11.8 Å². The van der Waals surface area contributed by atoms with Gasteiger partial charge in [0.1, 0.15) is 0 Å². The summed E-state index contributed by atoms with van der Waals surface area (Å²) in [5.41, 5.74) is 1.28. The molecule has 23 heavy (non-hydrogen) atoms. The number of hydrogen-bond donors (Lipinski definition) is 2. The number of carbonyl (C=O) groups is 2. The Morgan fingerprint density at radius 1 is 1.00 bits per heavy atom. The number of rotatable bonds is 9. The molecule has 0 saturated carbocycles. The van der Waals surface area contributed by atoms with E-state index >= 15 is 0 Å². The first-order valence-electron chi connectivity index (χ1n) is 7.46. The monoisotopic (exact) mass is 332 g/mol. The van der Waals surface area contributed by atoms with Crippen molar-refractivity contribution in [3.63, 3.8) is 0 Å². The third kappa shape index (κ3) is 6.61. The van der Waals surface area contributed by atoms with Crippen molar-refractivity contribution in [1.29, 1.82) is 0 Å². The van der Waals surface area contributed by atoms with Crippen molar-refractivity contribution in [2.45, 2.75) is 12.2 Å². The van der Waals surface area contributed by atoms with Gasteiger partial charge in [-0.1, -0.05) is 30.3 Å². The van der Waals surface area contributed by atoms with Crippen LogP contribution in [0.25, 0.3) is 0 Å². The fourth-order valence-corrected chi connectivity index (χ4v) is 2.72. The van der Waals surface area contributed by atoms with Crippen molar-refractivity contribution in [3.8, 4) is 0 Å². The maximum Gasteiger partial charge on any atom is 0.286 e. The minimum atomic E-state index is -0.304. The molecule has 2 aromatic rings. The number of carbonyl (C=O) groups excluding carboxylic acids is 2. The van der Waals surface area contributed by atoms with Crippen LogP contribution in [0.2, 0.25) is 0 Å². The molecular weight excluding hydrogens is 312 g/mol. The second-order valence-corrected chi connectivity index (χ2v) is 5.98. The Hall–Kier alpha value is -2.21. The molecular formula is C17H20N2O3S. The molecule has 0 aliphatic carbocycles. The van der Waals surface area contributed by atoms with Gasteiger partial charge in [0.25, 0.3) is 5.91 Å². The van der Waals surface area contributed by atoms with Crippen molar-refractivity contribution in [2.75, 3.05) is 18.8 Å². The van der Waals surface area contributed by atoms with Gasteiger partial charge in [0.05, 0.1) is 6.26 Å². The molecule has 0 spiro atoms. The zero-order valence-corrected chi connectivity index (χ0v) is 13.6. The molecule has 0 aliphatic heterocycles. The van der Waals surface area contributed by atoms with E-state index in [1.54, 1.807) is 23.9 Å². The van der Waals surface area contributed by atoms with Crippen LogP contribution in [0.4, 0.5) is 0 Å². The predicted octanol–water partition coefficient (Wildman–Crippen LogP) is 2.45. The molecule has 0 radical (unpaired) electrons. The molecule has 6 heteroatoms. The molecule has 0 unspecified atom stereocenters. The average Bonchev–Trinajstić information content (AvgIpc) is 3.10. The molecule has 5 nitrogen and oxygen atoms in total. The molecule has 2 N–H and O–H groups in total. The SMILES string of the molecule is O=C(CCNC(=O)c1ccco1)NCCSCc1ccccc1. The first-order valence-corrected chi connectivity index (χ1v) is 8.61. The van der Waals surface area contributed by atoms with E-state index in [0.717, 1.165) is 11.5 Å². The first-order chi connectivity index (χ1) is 11.3. The molecule has 0 bridgehead atoms. The average molecular weight is 332 g/mol. The van der Waals surface area contributed by atoms with E-state index in [2.05, 4.69) is 22.8 Å². The minimum absolute atomic E-state index is 0.0648. The number of amides is 2. The van der Waals surface area contributed by atoms with E-state index in [0.29, 0.717) is 13.1 Å². The Balaban J connectivity index is 1.49. The Morgan fingerprint density at radius 3 is 2.57 bits per heavy atom. The van der Waals surface area contributed by atoms with Crippen molar-refractivity contribution in [1.82, 2.24) is 10.6 Å². The van der Waals surface area contributed by atoms with Gasteiger partial charge in [-0.3, -0.25) is 9.59 Å². The van der Waals surface area contributed by atoms with Gasteiger partial charge < -0.3 is 15.1 Å². The molecule has 0 saturated heterocycles. The van der Waals surface area contributed by atoms with Crippen molar-refractivity contribution in [3.05, 3.63) is 60.1 Å². The standard InChI is InChI=1S/C17H20N2O3S/c20-16(8-9-19-17(21)15-7-4-11-22-15)18-10-12-23-13-14-5-2-1-3-6-14/h1-7,11H,8-10,12-13H2,(H,18,20)(H,19,21). The Bertz CT molecular complexity index is 600. The van der Waals surface area contributed by atoms with Crippen LogP contribution in [-0.4, -0.2) is 30.7 Å². The number of hydrogen-bond acceptors (Lipinski definition) is 4. The zero-order chi connectivity index (χ0) is 16.3. The third-order valence-corrected chi connectivity index (χ3v) is 4.09. The van der Waals surface area contributed by atoms with Crippen molar-refractivity contribution < 1.29 is 14.0 Å². The highest BCUT2D eigenvalue weighted by Crippen LogP contribution is 2.10. The fraction of sp³-hybridized carbons (Fsp3) is 0.294. The van der Waals surface area contributed by atoms with Crippen LogP contribution in [0.1, 0.15) is 22.5 Å². The van der Waals surface area contributed by atoms with Crippen LogP contribution in [-0.2, 0) is 10.5 Å². The molecule has 122 valence electrons. The number of furan rings is 1. The maximum atomic E-state index is 11.6. The molecule has 1 aromatic carbocycles. The van der Waals surface area contributed by atoms with E-state index in [1.165, 1.54) is 11.8 Å². The lowest BCUT2D eigenvalue weighted by atomic mass is 10.2. The summed E-state index contributed by atoms with van der Waals surface area (Å²) in [5.74, 6) is 1.68. The van der Waals surface area contributed by atoms with Gasteiger partial charge in [-0.15, -0.1) is 0 Å². The number of nitrogens with one attached hydrogen (secondary N) is 2. The lowest BCUT2D eigenvalue weighted by molar-refractivity contribution is -0.120. The molecule has 2 amide bonds. The number of benzene rings is 1. The van der Waals surface area contributed by atoms with Gasteiger partial charge in [0, 0.05) is 31.0 Å². The van der Waals surface area contributed by atoms with E-state index < -0.39 is 0 Å². The van der Waals surface area contributed by atoms with Gasteiger partial charge in [-0.05, 0) is 17.7 Å². The van der Waals surface area contributed by atoms with Crippen LogP contribution < -0.4 is 10.6 Å². The third-order valence-electron chi connectivity index (χ3n) is 3.06. The van der Waals surface area contributed by atoms with Crippen LogP contribution in [0.15, 0.2) is 53.1 Å². The van der Waals surface area contributed by atoms with E-state index in [9.17, 15) is 9.59 Å². The Kier molecular flexibility index (Phi) is 7.26. The summed E-state index contributed by atoms with van der Waals surface area (Å²) in [5, 5.41) is 5.48. The van der Waals surface area contributed by atoms with Crippen LogP contribution in [0.5, 0.6) is 0 Å². The predicted molar refractivity (Wildman–Crippen MR) is 91.3 cm³/mol. The van der Waals surface area contributed by atoms with Gasteiger partial charge in [0.2, 0.25) is 5.91 Å². The van der Waals surface area contributed by atoms with Crippen molar-refractivity contribution >= 4 is 23.6 Å². The largest absolute Gasteiger partial charge is 0.459 e. The van der Waals surface area contributed by atoms with Gasteiger partial charge in [-0.2, -0.15) is 11.8 Å². The van der Waals surface area contributed by atoms with Crippen LogP contribution in [0.3, 0.4) is 0 Å². The normalized spacial score (nSPS) is 10.3. The Labute approximate surface area is 139 Å². The summed E-state index contributed by atoms with van der Waals surface area (Å²) in [7, 11) is 0. The summed E-state index contributed by atoms with van der Waals surface area (Å²) < 4.78 is 4.97. The highest BCUT2D eigenvalue weighted by molar-refractivity contribution is 7.98. The lowest BCUT2D eigenvalue weighted by Gasteiger charge is -2.06. The summed E-state index contributed by atoms with van der Waals surface area (Å²) in [4.78, 5) is 23.2. The first kappa shape index (κ1) is 17.1. The summed E-state index contributed by atoms with van der Waals surface area (Å²) >= 11 is 1.78. The Morgan fingerprint density at radius 2 is 1.83 bits per heavy atom. The van der Waals surface area contributed by atoms with E-state index in [4.69, 9.17) is 4.42 Å². The van der Waals surface area contributed by atoms with Crippen LogP contribution in [0, 0.1) is 0 Å². The number of thioether (sulfide) groups is 1.